The Kier molecular flexibility index (Phi) is 5.00. The number of nitrogens with zero attached hydrogens (tertiary/aromatic N) is 3. The number of aromatic nitrogens is 2. The molecule has 7 nitrogen and oxygen atoms in total. The van der Waals surface area contributed by atoms with E-state index in [9.17, 15) is 10.1 Å². The summed E-state index contributed by atoms with van der Waals surface area (Å²) < 4.78 is 5.65. The molecule has 0 saturated heterocycles. The van der Waals surface area contributed by atoms with Gasteiger partial charge in [0, 0.05) is 11.3 Å². The monoisotopic (exact) mass is 341 g/mol. The van der Waals surface area contributed by atoms with E-state index in [1.165, 1.54) is 23.1 Å². The van der Waals surface area contributed by atoms with Crippen LogP contribution in [0.1, 0.15) is 27.7 Å². The molecule has 21 heavy (non-hydrogen) atoms. The van der Waals surface area contributed by atoms with Gasteiger partial charge >= 0.3 is 5.97 Å². The van der Waals surface area contributed by atoms with Crippen LogP contribution in [0, 0.1) is 11.3 Å². The highest BCUT2D eigenvalue weighted by Gasteiger charge is 2.23. The van der Waals surface area contributed by atoms with Crippen LogP contribution >= 0.6 is 34.4 Å². The number of esters is 1. The maximum Gasteiger partial charge on any atom is 0.348 e. The fourth-order valence-electron chi connectivity index (χ4n) is 1.52. The first-order chi connectivity index (χ1) is 10.1. The molecule has 2 aromatic rings. The molecule has 0 aliphatic rings. The Morgan fingerprint density at radius 2 is 2.19 bits per heavy atom. The molecule has 0 radical (unpaired) electrons. The summed E-state index contributed by atoms with van der Waals surface area (Å²) in [4.78, 5) is 12.3. The van der Waals surface area contributed by atoms with Gasteiger partial charge < -0.3 is 16.2 Å². The van der Waals surface area contributed by atoms with Crippen LogP contribution in [0.15, 0.2) is 4.34 Å². The Labute approximate surface area is 132 Å². The van der Waals surface area contributed by atoms with E-state index in [4.69, 9.17) is 16.2 Å². The number of nitriles is 1. The van der Waals surface area contributed by atoms with Crippen LogP contribution < -0.4 is 11.5 Å². The van der Waals surface area contributed by atoms with Crippen LogP contribution in [-0.4, -0.2) is 22.8 Å². The Morgan fingerprint density at radius 1 is 1.43 bits per heavy atom. The summed E-state index contributed by atoms with van der Waals surface area (Å²) in [6.45, 7) is 1.98. The summed E-state index contributed by atoms with van der Waals surface area (Å²) in [6.07, 6.45) is 0. The molecular weight excluding hydrogens is 330 g/mol. The van der Waals surface area contributed by atoms with E-state index < -0.39 is 5.97 Å². The van der Waals surface area contributed by atoms with Gasteiger partial charge in [0.05, 0.1) is 12.2 Å². The zero-order chi connectivity index (χ0) is 15.4. The third-order valence-corrected chi connectivity index (χ3v) is 5.32. The van der Waals surface area contributed by atoms with Gasteiger partial charge in [0.15, 0.2) is 4.34 Å². The van der Waals surface area contributed by atoms with Crippen LogP contribution in [0.25, 0.3) is 0 Å². The summed E-state index contributed by atoms with van der Waals surface area (Å²) in [5.41, 5.74) is 12.2. The Hall–Kier alpha value is -1.83. The molecule has 110 valence electrons. The van der Waals surface area contributed by atoms with E-state index in [1.54, 1.807) is 6.92 Å². The Balaban J connectivity index is 2.27. The summed E-state index contributed by atoms with van der Waals surface area (Å²) in [6, 6.07) is 2.03. The summed E-state index contributed by atoms with van der Waals surface area (Å²) >= 11 is 3.65. The van der Waals surface area contributed by atoms with Crippen LogP contribution in [0.4, 0.5) is 10.1 Å². The number of hydrogen-bond donors (Lipinski definition) is 2. The van der Waals surface area contributed by atoms with Crippen molar-refractivity contribution in [3.05, 3.63) is 16.0 Å². The molecular formula is C11H11N5O2S3. The molecule has 4 N–H and O–H groups in total. The molecule has 10 heteroatoms. The zero-order valence-electron chi connectivity index (χ0n) is 11.0. The lowest BCUT2D eigenvalue weighted by molar-refractivity contribution is 0.0531. The second-order valence-corrected chi connectivity index (χ2v) is 6.96. The number of carbonyl (C=O) groups excluding carboxylic acids is 1. The Bertz CT molecular complexity index is 703. The summed E-state index contributed by atoms with van der Waals surface area (Å²) in [5, 5.41) is 17.5. The minimum atomic E-state index is -0.469. The van der Waals surface area contributed by atoms with E-state index in [1.807, 2.05) is 6.07 Å². The second-order valence-electron chi connectivity index (χ2n) is 3.68. The third-order valence-electron chi connectivity index (χ3n) is 2.37. The van der Waals surface area contributed by atoms with Crippen molar-refractivity contribution in [1.82, 2.24) is 10.2 Å². The van der Waals surface area contributed by atoms with Crippen LogP contribution in [0.2, 0.25) is 0 Å². The number of carbonyl (C=O) groups is 1. The number of nitrogens with two attached hydrogens (primary N) is 2. The van der Waals surface area contributed by atoms with E-state index >= 15 is 0 Å². The van der Waals surface area contributed by atoms with E-state index in [0.717, 1.165) is 11.3 Å². The van der Waals surface area contributed by atoms with Crippen molar-refractivity contribution in [1.29, 1.82) is 5.26 Å². The minimum absolute atomic E-state index is 0.262. The van der Waals surface area contributed by atoms with Gasteiger partial charge in [-0.15, -0.1) is 21.5 Å². The molecule has 0 fully saturated rings. The SMILES string of the molecule is CCOC(=O)c1sc(N)c(C#N)c1CSc1nnc(N)s1. The second kappa shape index (κ2) is 6.75. The normalized spacial score (nSPS) is 10.3. The number of hydrogen-bond acceptors (Lipinski definition) is 10. The molecule has 2 heterocycles. The maximum absolute atomic E-state index is 11.9. The lowest BCUT2D eigenvalue weighted by Gasteiger charge is -2.02. The number of nitrogen functional groups attached to an aromatic ring is 2. The van der Waals surface area contributed by atoms with E-state index in [0.29, 0.717) is 36.2 Å². The van der Waals surface area contributed by atoms with Crippen LogP contribution in [0.3, 0.4) is 0 Å². The van der Waals surface area contributed by atoms with Crippen molar-refractivity contribution in [3.63, 3.8) is 0 Å². The number of thioether (sulfide) groups is 1. The molecule has 0 aliphatic carbocycles. The quantitative estimate of drug-likeness (QED) is 0.625. The standard InChI is InChI=1S/C11H11N5O2S3/c1-2-18-9(17)7-6(5(3-12)8(13)20-7)4-19-11-16-15-10(14)21-11/h2,4,13H2,1H3,(H2,14,15). The predicted molar refractivity (Wildman–Crippen MR) is 83.3 cm³/mol. The maximum atomic E-state index is 11.9. The molecule has 2 rings (SSSR count). The van der Waals surface area contributed by atoms with Gasteiger partial charge in [0.2, 0.25) is 5.13 Å². The molecule has 0 unspecified atom stereocenters. The highest BCUT2D eigenvalue weighted by atomic mass is 32.2. The van der Waals surface area contributed by atoms with Gasteiger partial charge in [-0.05, 0) is 6.92 Å². The molecule has 2 aromatic heterocycles. The first-order valence-electron chi connectivity index (χ1n) is 5.77. The number of rotatable bonds is 5. The molecule has 0 spiro atoms. The van der Waals surface area contributed by atoms with E-state index in [2.05, 4.69) is 10.2 Å². The fourth-order valence-corrected chi connectivity index (χ4v) is 4.21. The Morgan fingerprint density at radius 3 is 2.76 bits per heavy atom. The molecule has 0 aromatic carbocycles. The van der Waals surface area contributed by atoms with Crippen molar-refractivity contribution >= 4 is 50.5 Å². The molecule has 0 aliphatic heterocycles. The molecule has 0 saturated carbocycles. The first kappa shape index (κ1) is 15.6. The zero-order valence-corrected chi connectivity index (χ0v) is 13.4. The van der Waals surface area contributed by atoms with Crippen molar-refractivity contribution in [3.8, 4) is 6.07 Å². The van der Waals surface area contributed by atoms with Gasteiger partial charge in [-0.25, -0.2) is 4.79 Å². The van der Waals surface area contributed by atoms with Crippen molar-refractivity contribution < 1.29 is 9.53 Å². The van der Waals surface area contributed by atoms with Gasteiger partial charge in [-0.1, -0.05) is 23.1 Å². The largest absolute Gasteiger partial charge is 0.462 e. The minimum Gasteiger partial charge on any atom is -0.462 e. The lowest BCUT2D eigenvalue weighted by atomic mass is 10.2. The van der Waals surface area contributed by atoms with Gasteiger partial charge in [-0.3, -0.25) is 0 Å². The van der Waals surface area contributed by atoms with Gasteiger partial charge in [-0.2, -0.15) is 5.26 Å². The van der Waals surface area contributed by atoms with E-state index in [-0.39, 0.29) is 6.61 Å². The summed E-state index contributed by atoms with van der Waals surface area (Å²) in [5.74, 6) is -0.0950. The number of anilines is 2. The highest BCUT2D eigenvalue weighted by Crippen LogP contribution is 2.36. The molecule has 0 amide bonds. The highest BCUT2D eigenvalue weighted by molar-refractivity contribution is 8.00. The van der Waals surface area contributed by atoms with Crippen LogP contribution in [0.5, 0.6) is 0 Å². The fraction of sp³-hybridized carbons (Fsp3) is 0.273. The van der Waals surface area contributed by atoms with Crippen molar-refractivity contribution in [2.24, 2.45) is 0 Å². The molecule has 0 bridgehead atoms. The topological polar surface area (TPSA) is 128 Å². The third kappa shape index (κ3) is 3.44. The smallest absolute Gasteiger partial charge is 0.348 e. The van der Waals surface area contributed by atoms with Gasteiger partial charge in [0.1, 0.15) is 15.9 Å². The average molecular weight is 341 g/mol. The lowest BCUT2D eigenvalue weighted by Crippen LogP contribution is -2.05. The van der Waals surface area contributed by atoms with Crippen LogP contribution in [-0.2, 0) is 10.5 Å². The van der Waals surface area contributed by atoms with Crippen molar-refractivity contribution in [2.75, 3.05) is 18.1 Å². The van der Waals surface area contributed by atoms with Crippen molar-refractivity contribution in [2.45, 2.75) is 17.0 Å². The average Bonchev–Trinajstić information content (AvgIpc) is 3.00. The number of thiophene rings is 1. The molecule has 0 atom stereocenters. The first-order valence-corrected chi connectivity index (χ1v) is 8.38. The van der Waals surface area contributed by atoms with Gasteiger partial charge in [0.25, 0.3) is 0 Å². The summed E-state index contributed by atoms with van der Waals surface area (Å²) in [7, 11) is 0. The number of ether oxygens (including phenoxy) is 1. The predicted octanol–water partition coefficient (Wildman–Crippen LogP) is 2.10.